The first-order chi connectivity index (χ1) is 15.8. The van der Waals surface area contributed by atoms with E-state index in [1.54, 1.807) is 13.8 Å². The molecule has 2 aromatic rings. The third-order valence-electron chi connectivity index (χ3n) is 5.58. The lowest BCUT2D eigenvalue weighted by molar-refractivity contribution is -0.161. The minimum Gasteiger partial charge on any atom is -0.494 e. The summed E-state index contributed by atoms with van der Waals surface area (Å²) in [7, 11) is -1.30. The molecule has 0 bridgehead atoms. The smallest absolute Gasteiger partial charge is 0.320 e. The minimum absolute atomic E-state index is 0.243. The van der Waals surface area contributed by atoms with Gasteiger partial charge in [-0.2, -0.15) is 0 Å². The van der Waals surface area contributed by atoms with Crippen LogP contribution in [0.3, 0.4) is 0 Å². The Bertz CT molecular complexity index is 831. The van der Waals surface area contributed by atoms with Crippen molar-refractivity contribution in [2.75, 3.05) is 19.8 Å². The van der Waals surface area contributed by atoms with Gasteiger partial charge in [0.05, 0.1) is 27.9 Å². The van der Waals surface area contributed by atoms with Crippen LogP contribution in [0.4, 0.5) is 0 Å². The molecule has 0 fully saturated rings. The summed E-state index contributed by atoms with van der Waals surface area (Å²) in [6, 6.07) is 21.0. The Morgan fingerprint density at radius 3 is 2.03 bits per heavy atom. The number of esters is 2. The van der Waals surface area contributed by atoms with Gasteiger partial charge in [-0.1, -0.05) is 67.2 Å². The lowest BCUT2D eigenvalue weighted by Gasteiger charge is -2.22. The van der Waals surface area contributed by atoms with Gasteiger partial charge in [-0.05, 0) is 56.9 Å². The number of benzene rings is 2. The number of hydrogen-bond donors (Lipinski definition) is 0. The van der Waals surface area contributed by atoms with Gasteiger partial charge in [-0.15, -0.1) is 0 Å². The van der Waals surface area contributed by atoms with Gasteiger partial charge in [-0.3, -0.25) is 9.59 Å². The van der Waals surface area contributed by atoms with Gasteiger partial charge >= 0.3 is 11.9 Å². The number of carbonyl (C=O) groups excluding carboxylic acids is 2. The average molecular weight is 471 g/mol. The summed E-state index contributed by atoms with van der Waals surface area (Å²) in [6.07, 6.45) is 2.00. The molecule has 0 aromatic heterocycles. The molecule has 0 N–H and O–H groups in total. The summed E-state index contributed by atoms with van der Waals surface area (Å²) in [4.78, 5) is 24.2. The largest absolute Gasteiger partial charge is 0.494 e. The molecule has 0 atom stereocenters. The second kappa shape index (κ2) is 13.8. The average Bonchev–Trinajstić information content (AvgIpc) is 2.78. The molecule has 2 aromatic carbocycles. The van der Waals surface area contributed by atoms with Gasteiger partial charge in [0.1, 0.15) is 5.75 Å². The highest BCUT2D eigenvalue weighted by atomic mass is 28.3. The van der Waals surface area contributed by atoms with E-state index in [4.69, 9.17) is 14.2 Å². The molecule has 0 aliphatic carbocycles. The first kappa shape index (κ1) is 26.6. The second-order valence-corrected chi connectivity index (χ2v) is 14.2. The van der Waals surface area contributed by atoms with Crippen LogP contribution in [0.5, 0.6) is 5.75 Å². The molecule has 0 spiro atoms. The van der Waals surface area contributed by atoms with Crippen molar-refractivity contribution in [1.29, 1.82) is 0 Å². The standard InChI is InChI=1S/C27H38O5Si/c1-5-30-26(28)25(27(29)31-6-2)18-15-22-13-16-24(17-14-22)32-19-10-20-33(3,4)21-23-11-8-7-9-12-23/h7-9,11-14,16-17,25H,5-6,10,15,18-21H2,1-4H3. The van der Waals surface area contributed by atoms with Crippen LogP contribution in [0.25, 0.3) is 0 Å². The van der Waals surface area contributed by atoms with Gasteiger partial charge in [0, 0.05) is 0 Å². The highest BCUT2D eigenvalue weighted by Crippen LogP contribution is 2.20. The minimum atomic E-state index is -1.30. The van der Waals surface area contributed by atoms with E-state index in [0.717, 1.165) is 17.7 Å². The predicted molar refractivity (Wildman–Crippen MR) is 134 cm³/mol. The quantitative estimate of drug-likeness (QED) is 0.155. The van der Waals surface area contributed by atoms with Crippen LogP contribution in [0.2, 0.25) is 19.1 Å². The van der Waals surface area contributed by atoms with Gasteiger partial charge in [-0.25, -0.2) is 0 Å². The van der Waals surface area contributed by atoms with Crippen molar-refractivity contribution in [2.24, 2.45) is 5.92 Å². The van der Waals surface area contributed by atoms with E-state index >= 15 is 0 Å². The highest BCUT2D eigenvalue weighted by molar-refractivity contribution is 6.76. The fourth-order valence-electron chi connectivity index (χ4n) is 3.86. The summed E-state index contributed by atoms with van der Waals surface area (Å²) in [6.45, 7) is 9.53. The van der Waals surface area contributed by atoms with Gasteiger partial charge in [0.25, 0.3) is 0 Å². The maximum Gasteiger partial charge on any atom is 0.320 e. The second-order valence-electron chi connectivity index (χ2n) is 9.02. The molecule has 0 amide bonds. The monoisotopic (exact) mass is 470 g/mol. The molecule has 0 aliphatic rings. The molecule has 0 heterocycles. The molecule has 0 saturated heterocycles. The van der Waals surface area contributed by atoms with Gasteiger partial charge in [0.15, 0.2) is 5.92 Å². The number of rotatable bonds is 14. The third-order valence-corrected chi connectivity index (χ3v) is 8.65. The SMILES string of the molecule is CCOC(=O)C(CCc1ccc(OCCC[Si](C)(C)Cc2ccccc2)cc1)C(=O)OCC. The van der Waals surface area contributed by atoms with E-state index < -0.39 is 25.9 Å². The van der Waals surface area contributed by atoms with Crippen LogP contribution in [-0.2, 0) is 31.5 Å². The number of ether oxygens (including phenoxy) is 3. The molecule has 5 nitrogen and oxygen atoms in total. The zero-order valence-electron chi connectivity index (χ0n) is 20.5. The topological polar surface area (TPSA) is 61.8 Å². The Morgan fingerprint density at radius 2 is 1.45 bits per heavy atom. The molecule has 180 valence electrons. The lowest BCUT2D eigenvalue weighted by atomic mass is 9.99. The fourth-order valence-corrected chi connectivity index (χ4v) is 6.48. The predicted octanol–water partition coefficient (Wildman–Crippen LogP) is 5.62. The van der Waals surface area contributed by atoms with Crippen LogP contribution in [0, 0.1) is 5.92 Å². The number of hydrogen-bond acceptors (Lipinski definition) is 5. The van der Waals surface area contributed by atoms with Crippen molar-refractivity contribution in [3.05, 3.63) is 65.7 Å². The van der Waals surface area contributed by atoms with Crippen LogP contribution in [0.15, 0.2) is 54.6 Å². The Balaban J connectivity index is 1.77. The Morgan fingerprint density at radius 1 is 0.848 bits per heavy atom. The number of carbonyl (C=O) groups is 2. The van der Waals surface area contributed by atoms with E-state index in [1.807, 2.05) is 24.3 Å². The van der Waals surface area contributed by atoms with Crippen LogP contribution in [0.1, 0.15) is 37.8 Å². The normalized spacial score (nSPS) is 11.3. The Kier molecular flexibility index (Phi) is 11.2. The van der Waals surface area contributed by atoms with Crippen LogP contribution < -0.4 is 4.74 Å². The molecule has 0 unspecified atom stereocenters. The summed E-state index contributed by atoms with van der Waals surface area (Å²) >= 11 is 0. The Hall–Kier alpha value is -2.60. The van der Waals surface area contributed by atoms with E-state index in [2.05, 4.69) is 43.4 Å². The first-order valence-electron chi connectivity index (χ1n) is 11.9. The summed E-state index contributed by atoms with van der Waals surface area (Å²) in [5.74, 6) is -1.08. The van der Waals surface area contributed by atoms with Gasteiger partial charge in [0.2, 0.25) is 0 Å². The van der Waals surface area contributed by atoms with E-state index in [1.165, 1.54) is 17.7 Å². The maximum absolute atomic E-state index is 12.1. The van der Waals surface area contributed by atoms with Crippen molar-refractivity contribution >= 4 is 20.0 Å². The molecule has 2 rings (SSSR count). The van der Waals surface area contributed by atoms with Crippen molar-refractivity contribution < 1.29 is 23.8 Å². The molecule has 0 radical (unpaired) electrons. The van der Waals surface area contributed by atoms with Crippen molar-refractivity contribution in [3.63, 3.8) is 0 Å². The highest BCUT2D eigenvalue weighted by Gasteiger charge is 2.29. The van der Waals surface area contributed by atoms with Crippen molar-refractivity contribution in [3.8, 4) is 5.75 Å². The lowest BCUT2D eigenvalue weighted by Crippen LogP contribution is -2.29. The molecular formula is C27H38O5Si. The van der Waals surface area contributed by atoms with Crippen molar-refractivity contribution in [2.45, 2.75) is 58.3 Å². The summed E-state index contributed by atoms with van der Waals surface area (Å²) in [5, 5.41) is 0. The third kappa shape index (κ3) is 9.82. The molecule has 6 heteroatoms. The van der Waals surface area contributed by atoms with Crippen LogP contribution in [-0.4, -0.2) is 39.8 Å². The van der Waals surface area contributed by atoms with E-state index in [9.17, 15) is 9.59 Å². The van der Waals surface area contributed by atoms with Crippen LogP contribution >= 0.6 is 0 Å². The van der Waals surface area contributed by atoms with Crippen molar-refractivity contribution in [1.82, 2.24) is 0 Å². The molecule has 0 saturated carbocycles. The zero-order valence-corrected chi connectivity index (χ0v) is 21.5. The van der Waals surface area contributed by atoms with E-state index in [-0.39, 0.29) is 13.2 Å². The maximum atomic E-state index is 12.1. The molecule has 0 aliphatic heterocycles. The fraction of sp³-hybridized carbons (Fsp3) is 0.481. The number of aryl methyl sites for hydroxylation is 1. The van der Waals surface area contributed by atoms with Gasteiger partial charge < -0.3 is 14.2 Å². The van der Waals surface area contributed by atoms with E-state index in [0.29, 0.717) is 19.4 Å². The first-order valence-corrected chi connectivity index (χ1v) is 15.3. The summed E-state index contributed by atoms with van der Waals surface area (Å²) in [5.41, 5.74) is 2.47. The molecule has 33 heavy (non-hydrogen) atoms. The molecular weight excluding hydrogens is 432 g/mol. The summed E-state index contributed by atoms with van der Waals surface area (Å²) < 4.78 is 16.0. The zero-order chi connectivity index (χ0) is 24.1. The Labute approximate surface area is 199 Å².